The van der Waals surface area contributed by atoms with Crippen LogP contribution < -0.4 is 5.32 Å². The largest absolute Gasteiger partial charge is 0.394 e. The smallest absolute Gasteiger partial charge is 0.293 e. The molecule has 0 radical (unpaired) electrons. The highest BCUT2D eigenvalue weighted by Gasteiger charge is 2.42. The zero-order valence-electron chi connectivity index (χ0n) is 15.6. The van der Waals surface area contributed by atoms with Crippen molar-refractivity contribution in [2.45, 2.75) is 55.9 Å². The molecule has 1 heterocycles. The van der Waals surface area contributed by atoms with E-state index in [4.69, 9.17) is 0 Å². The van der Waals surface area contributed by atoms with Gasteiger partial charge in [-0.25, -0.2) is 8.42 Å². The average molecular weight is 397 g/mol. The van der Waals surface area contributed by atoms with Gasteiger partial charge in [0, 0.05) is 19.2 Å². The Bertz CT molecular complexity index is 801. The number of anilines is 1. The minimum atomic E-state index is -3.76. The van der Waals surface area contributed by atoms with Gasteiger partial charge in [0.25, 0.3) is 5.69 Å². The van der Waals surface area contributed by atoms with Crippen LogP contribution in [-0.4, -0.2) is 48.0 Å². The number of benzene rings is 1. The van der Waals surface area contributed by atoms with Crippen molar-refractivity contribution in [1.82, 2.24) is 4.31 Å². The van der Waals surface area contributed by atoms with Crippen LogP contribution in [0.15, 0.2) is 23.1 Å². The van der Waals surface area contributed by atoms with Gasteiger partial charge in [-0.1, -0.05) is 12.8 Å². The molecule has 0 spiro atoms. The van der Waals surface area contributed by atoms with Gasteiger partial charge in [-0.2, -0.15) is 4.31 Å². The summed E-state index contributed by atoms with van der Waals surface area (Å²) in [4.78, 5) is 11.0. The van der Waals surface area contributed by atoms with Crippen molar-refractivity contribution in [2.75, 3.05) is 25.0 Å². The summed E-state index contributed by atoms with van der Waals surface area (Å²) in [6, 6.07) is 3.99. The molecular formula is C18H27N3O5S. The molecule has 1 unspecified atom stereocenters. The van der Waals surface area contributed by atoms with Crippen molar-refractivity contribution >= 4 is 21.4 Å². The first kappa shape index (κ1) is 20.0. The third-order valence-electron chi connectivity index (χ3n) is 5.60. The van der Waals surface area contributed by atoms with E-state index in [0.29, 0.717) is 13.1 Å². The molecule has 2 N–H and O–H groups in total. The van der Waals surface area contributed by atoms with Gasteiger partial charge in [0.1, 0.15) is 5.69 Å². The summed E-state index contributed by atoms with van der Waals surface area (Å²) in [5.74, 6) is 0.252. The molecule has 0 amide bonds. The van der Waals surface area contributed by atoms with E-state index in [2.05, 4.69) is 5.32 Å². The molecule has 9 heteroatoms. The van der Waals surface area contributed by atoms with Gasteiger partial charge in [-0.05, 0) is 50.7 Å². The minimum Gasteiger partial charge on any atom is -0.394 e. The van der Waals surface area contributed by atoms with Gasteiger partial charge >= 0.3 is 0 Å². The number of aliphatic hydroxyl groups excluding tert-OH is 1. The molecule has 8 nitrogen and oxygen atoms in total. The summed E-state index contributed by atoms with van der Waals surface area (Å²) < 4.78 is 27.3. The summed E-state index contributed by atoms with van der Waals surface area (Å²) in [5.41, 5.74) is -0.708. The Morgan fingerprint density at radius 2 is 1.89 bits per heavy atom. The maximum absolute atomic E-state index is 12.9. The maximum atomic E-state index is 12.9. The molecule has 1 aromatic rings. The number of rotatable bonds is 7. The van der Waals surface area contributed by atoms with E-state index < -0.39 is 20.5 Å². The van der Waals surface area contributed by atoms with Crippen LogP contribution in [-0.2, 0) is 10.0 Å². The molecule has 1 aliphatic carbocycles. The van der Waals surface area contributed by atoms with E-state index in [1.165, 1.54) is 16.4 Å². The van der Waals surface area contributed by atoms with Crippen molar-refractivity contribution in [3.63, 3.8) is 0 Å². The molecular weight excluding hydrogens is 370 g/mol. The molecule has 2 fully saturated rings. The number of nitrogens with zero attached hydrogens (tertiary/aromatic N) is 2. The lowest BCUT2D eigenvalue weighted by Gasteiger charge is -2.30. The van der Waals surface area contributed by atoms with E-state index in [-0.39, 0.29) is 28.8 Å². The Hall–Kier alpha value is -1.71. The predicted octanol–water partition coefficient (Wildman–Crippen LogP) is 2.73. The first-order valence-electron chi connectivity index (χ1n) is 9.45. The van der Waals surface area contributed by atoms with Crippen LogP contribution in [0.2, 0.25) is 0 Å². The number of nitro groups is 1. The average Bonchev–Trinajstić information content (AvgIpc) is 3.48. The van der Waals surface area contributed by atoms with Gasteiger partial charge < -0.3 is 10.4 Å². The van der Waals surface area contributed by atoms with Crippen LogP contribution in [0.3, 0.4) is 0 Å². The van der Waals surface area contributed by atoms with E-state index in [0.717, 1.165) is 44.6 Å². The summed E-state index contributed by atoms with van der Waals surface area (Å²) in [6.07, 6.45) is 5.51. The predicted molar refractivity (Wildman–Crippen MR) is 102 cm³/mol. The molecule has 150 valence electrons. The van der Waals surface area contributed by atoms with E-state index in [9.17, 15) is 23.6 Å². The second-order valence-corrected chi connectivity index (χ2v) is 9.67. The van der Waals surface area contributed by atoms with Crippen molar-refractivity contribution in [3.05, 3.63) is 28.3 Å². The standard InChI is InChI=1S/C18H27N3O5S/c1-18(13-22,14-6-7-14)19-16-9-8-15(12-17(16)21(23)24)27(25,26)20-10-4-2-3-5-11-20/h8-9,12,14,19,22H,2-7,10-11,13H2,1H3. The zero-order chi connectivity index (χ0) is 19.7. The first-order valence-corrected chi connectivity index (χ1v) is 10.9. The summed E-state index contributed by atoms with van der Waals surface area (Å²) >= 11 is 0. The molecule has 1 aromatic carbocycles. The Labute approximate surface area is 159 Å². The zero-order valence-corrected chi connectivity index (χ0v) is 16.4. The number of nitro benzene ring substituents is 1. The van der Waals surface area contributed by atoms with Gasteiger partial charge in [0.05, 0.1) is 22.0 Å². The van der Waals surface area contributed by atoms with Gasteiger partial charge in [0.15, 0.2) is 0 Å². The lowest BCUT2D eigenvalue weighted by atomic mass is 9.96. The monoisotopic (exact) mass is 397 g/mol. The molecule has 27 heavy (non-hydrogen) atoms. The summed E-state index contributed by atoms with van der Waals surface area (Å²) in [6.45, 7) is 2.57. The lowest BCUT2D eigenvalue weighted by molar-refractivity contribution is -0.384. The number of hydrogen-bond donors (Lipinski definition) is 2. The maximum Gasteiger partial charge on any atom is 0.293 e. The van der Waals surface area contributed by atoms with Crippen LogP contribution in [0.25, 0.3) is 0 Å². The molecule has 2 aliphatic rings. The van der Waals surface area contributed by atoms with Crippen molar-refractivity contribution in [2.24, 2.45) is 5.92 Å². The van der Waals surface area contributed by atoms with Crippen molar-refractivity contribution in [3.8, 4) is 0 Å². The van der Waals surface area contributed by atoms with Gasteiger partial charge in [-0.15, -0.1) is 0 Å². The lowest BCUT2D eigenvalue weighted by Crippen LogP contribution is -2.41. The van der Waals surface area contributed by atoms with Crippen LogP contribution in [0.5, 0.6) is 0 Å². The molecule has 1 saturated heterocycles. The van der Waals surface area contributed by atoms with E-state index in [1.54, 1.807) is 0 Å². The molecule has 0 bridgehead atoms. The van der Waals surface area contributed by atoms with Crippen LogP contribution in [0.4, 0.5) is 11.4 Å². The van der Waals surface area contributed by atoms with Crippen molar-refractivity contribution in [1.29, 1.82) is 0 Å². The van der Waals surface area contributed by atoms with Crippen molar-refractivity contribution < 1.29 is 18.4 Å². The van der Waals surface area contributed by atoms with Crippen LogP contribution in [0, 0.1) is 16.0 Å². The Kier molecular flexibility index (Phi) is 5.73. The number of nitrogens with one attached hydrogen (secondary N) is 1. The number of hydrogen-bond acceptors (Lipinski definition) is 6. The highest BCUT2D eigenvalue weighted by atomic mass is 32.2. The number of sulfonamides is 1. The fourth-order valence-corrected chi connectivity index (χ4v) is 5.20. The third kappa shape index (κ3) is 4.25. The second-order valence-electron chi connectivity index (χ2n) is 7.73. The Balaban J connectivity index is 1.92. The Morgan fingerprint density at radius 3 is 2.41 bits per heavy atom. The molecule has 0 aromatic heterocycles. The van der Waals surface area contributed by atoms with Gasteiger partial charge in [0.2, 0.25) is 10.0 Å². The normalized spacial score (nSPS) is 21.3. The summed E-state index contributed by atoms with van der Waals surface area (Å²) in [7, 11) is -3.76. The minimum absolute atomic E-state index is 0.0567. The van der Waals surface area contributed by atoms with Crippen LogP contribution >= 0.6 is 0 Å². The highest BCUT2D eigenvalue weighted by molar-refractivity contribution is 7.89. The molecule has 1 atom stereocenters. The van der Waals surface area contributed by atoms with E-state index >= 15 is 0 Å². The third-order valence-corrected chi connectivity index (χ3v) is 7.49. The van der Waals surface area contributed by atoms with Crippen LogP contribution in [0.1, 0.15) is 45.4 Å². The number of aliphatic hydroxyl groups is 1. The topological polar surface area (TPSA) is 113 Å². The molecule has 1 aliphatic heterocycles. The SMILES string of the molecule is CC(CO)(Nc1ccc(S(=O)(=O)N2CCCCCC2)cc1[N+](=O)[O-])C1CC1. The first-order chi connectivity index (χ1) is 12.8. The Morgan fingerprint density at radius 1 is 1.26 bits per heavy atom. The summed E-state index contributed by atoms with van der Waals surface area (Å²) in [5, 5.41) is 24.4. The molecule has 3 rings (SSSR count). The molecule has 1 saturated carbocycles. The van der Waals surface area contributed by atoms with E-state index in [1.807, 2.05) is 6.92 Å². The quantitative estimate of drug-likeness (QED) is 0.540. The fraction of sp³-hybridized carbons (Fsp3) is 0.667. The second kappa shape index (κ2) is 7.73. The van der Waals surface area contributed by atoms with Gasteiger partial charge in [-0.3, -0.25) is 10.1 Å². The fourth-order valence-electron chi connectivity index (χ4n) is 3.66. The highest BCUT2D eigenvalue weighted by Crippen LogP contribution is 2.42.